The molecule has 0 bridgehead atoms. The van der Waals surface area contributed by atoms with E-state index in [4.69, 9.17) is 10.5 Å². The zero-order chi connectivity index (χ0) is 15.4. The van der Waals surface area contributed by atoms with E-state index in [0.717, 1.165) is 50.4 Å². The number of anilines is 1. The largest absolute Gasteiger partial charge is 0.378 e. The minimum Gasteiger partial charge on any atom is -0.378 e. The van der Waals surface area contributed by atoms with E-state index in [1.54, 1.807) is 0 Å². The molecule has 6 heteroatoms. The van der Waals surface area contributed by atoms with Gasteiger partial charge in [-0.25, -0.2) is 0 Å². The Morgan fingerprint density at radius 1 is 1.32 bits per heavy atom. The normalized spacial score (nSPS) is 23.1. The predicted octanol–water partition coefficient (Wildman–Crippen LogP) is 1.92. The molecule has 120 valence electrons. The van der Waals surface area contributed by atoms with Crippen LogP contribution < -0.4 is 10.6 Å². The summed E-state index contributed by atoms with van der Waals surface area (Å²) in [6.45, 7) is 6.15. The maximum atomic E-state index is 6.09. The number of aliphatic imine (C=N–C) groups is 1. The Bertz CT molecular complexity index is 531. The molecule has 0 spiro atoms. The number of benzene rings is 1. The molecule has 2 aliphatic heterocycles. The fourth-order valence-electron chi connectivity index (χ4n) is 3.00. The van der Waals surface area contributed by atoms with Gasteiger partial charge >= 0.3 is 0 Å². The Hall–Kier alpha value is -1.27. The molecule has 2 saturated heterocycles. The van der Waals surface area contributed by atoms with Gasteiger partial charge in [-0.2, -0.15) is 0 Å². The second-order valence-electron chi connectivity index (χ2n) is 5.88. The monoisotopic (exact) mass is 366 g/mol. The molecule has 0 aromatic heterocycles. The highest BCUT2D eigenvalue weighted by molar-refractivity contribution is 9.10. The van der Waals surface area contributed by atoms with Gasteiger partial charge in [-0.3, -0.25) is 4.99 Å². The molecule has 1 aromatic carbocycles. The number of hydrogen-bond donors (Lipinski definition) is 1. The number of guanidine groups is 1. The van der Waals surface area contributed by atoms with E-state index in [1.807, 2.05) is 0 Å². The van der Waals surface area contributed by atoms with Crippen molar-refractivity contribution < 1.29 is 4.74 Å². The van der Waals surface area contributed by atoms with Gasteiger partial charge < -0.3 is 20.3 Å². The molecule has 2 fully saturated rings. The fourth-order valence-corrected chi connectivity index (χ4v) is 3.39. The standard InChI is InChI=1S/C16H23BrN4O/c17-14-2-1-3-15(10-14)21-5-4-13(12-21)11-19-16(18)20-6-8-22-9-7-20/h1-3,10,13H,4-9,11-12H2,(H2,18,19). The predicted molar refractivity (Wildman–Crippen MR) is 93.3 cm³/mol. The van der Waals surface area contributed by atoms with Gasteiger partial charge in [0.1, 0.15) is 0 Å². The third-order valence-corrected chi connectivity index (χ3v) is 4.80. The Morgan fingerprint density at radius 3 is 2.91 bits per heavy atom. The van der Waals surface area contributed by atoms with Crippen molar-refractivity contribution in [2.75, 3.05) is 50.8 Å². The van der Waals surface area contributed by atoms with Crippen molar-refractivity contribution in [3.8, 4) is 0 Å². The van der Waals surface area contributed by atoms with Crippen molar-refractivity contribution in [1.82, 2.24) is 4.90 Å². The van der Waals surface area contributed by atoms with Crippen molar-refractivity contribution in [1.29, 1.82) is 0 Å². The second kappa shape index (κ2) is 7.33. The fraction of sp³-hybridized carbons (Fsp3) is 0.562. The first kappa shape index (κ1) is 15.6. The molecule has 2 heterocycles. The highest BCUT2D eigenvalue weighted by atomic mass is 79.9. The molecule has 1 unspecified atom stereocenters. The topological polar surface area (TPSA) is 54.1 Å². The molecular weight excluding hydrogens is 344 g/mol. The molecule has 5 nitrogen and oxygen atoms in total. The van der Waals surface area contributed by atoms with Gasteiger partial charge in [0.15, 0.2) is 5.96 Å². The van der Waals surface area contributed by atoms with Crippen LogP contribution in [0.15, 0.2) is 33.7 Å². The summed E-state index contributed by atoms with van der Waals surface area (Å²) in [6, 6.07) is 8.48. The highest BCUT2D eigenvalue weighted by Gasteiger charge is 2.23. The average Bonchev–Trinajstić information content (AvgIpc) is 3.02. The minimum absolute atomic E-state index is 0.582. The summed E-state index contributed by atoms with van der Waals surface area (Å²) in [4.78, 5) is 9.15. The summed E-state index contributed by atoms with van der Waals surface area (Å²) in [5, 5.41) is 0. The average molecular weight is 367 g/mol. The van der Waals surface area contributed by atoms with Crippen molar-refractivity contribution in [3.63, 3.8) is 0 Å². The minimum atomic E-state index is 0.582. The second-order valence-corrected chi connectivity index (χ2v) is 6.79. The lowest BCUT2D eigenvalue weighted by Gasteiger charge is -2.27. The molecule has 0 amide bonds. The summed E-state index contributed by atoms with van der Waals surface area (Å²) in [7, 11) is 0. The Balaban J connectivity index is 1.52. The van der Waals surface area contributed by atoms with Crippen LogP contribution in [0.3, 0.4) is 0 Å². The first-order valence-corrected chi connectivity index (χ1v) is 8.65. The van der Waals surface area contributed by atoms with E-state index in [9.17, 15) is 0 Å². The molecule has 2 aliphatic rings. The van der Waals surface area contributed by atoms with Gasteiger partial charge in [0.2, 0.25) is 0 Å². The smallest absolute Gasteiger partial charge is 0.191 e. The van der Waals surface area contributed by atoms with Crippen LogP contribution in [0.2, 0.25) is 0 Å². The van der Waals surface area contributed by atoms with Crippen LogP contribution in [-0.4, -0.2) is 56.8 Å². The quantitative estimate of drug-likeness (QED) is 0.655. The van der Waals surface area contributed by atoms with E-state index in [-0.39, 0.29) is 0 Å². The summed E-state index contributed by atoms with van der Waals surface area (Å²) in [6.07, 6.45) is 1.17. The lowest BCUT2D eigenvalue weighted by Crippen LogP contribution is -2.45. The summed E-state index contributed by atoms with van der Waals surface area (Å²) in [5.74, 6) is 1.25. The van der Waals surface area contributed by atoms with Crippen LogP contribution in [0.25, 0.3) is 0 Å². The highest BCUT2D eigenvalue weighted by Crippen LogP contribution is 2.26. The number of hydrogen-bond acceptors (Lipinski definition) is 3. The number of ether oxygens (including phenoxy) is 1. The van der Waals surface area contributed by atoms with E-state index in [0.29, 0.717) is 11.9 Å². The van der Waals surface area contributed by atoms with Crippen molar-refractivity contribution in [3.05, 3.63) is 28.7 Å². The van der Waals surface area contributed by atoms with Crippen LogP contribution in [0, 0.1) is 5.92 Å². The molecule has 0 saturated carbocycles. The van der Waals surface area contributed by atoms with Crippen LogP contribution in [0.5, 0.6) is 0 Å². The summed E-state index contributed by atoms with van der Waals surface area (Å²) < 4.78 is 6.47. The molecule has 0 aliphatic carbocycles. The number of halogens is 1. The van der Waals surface area contributed by atoms with Gasteiger partial charge in [-0.1, -0.05) is 22.0 Å². The Labute approximate surface area is 140 Å². The molecule has 0 radical (unpaired) electrons. The van der Waals surface area contributed by atoms with Gasteiger partial charge in [0, 0.05) is 42.9 Å². The van der Waals surface area contributed by atoms with Gasteiger partial charge in [-0.05, 0) is 30.5 Å². The number of rotatable bonds is 3. The number of nitrogens with two attached hydrogens (primary N) is 1. The van der Waals surface area contributed by atoms with Crippen LogP contribution in [0.1, 0.15) is 6.42 Å². The van der Waals surface area contributed by atoms with E-state index >= 15 is 0 Å². The summed E-state index contributed by atoms with van der Waals surface area (Å²) in [5.41, 5.74) is 7.37. The lowest BCUT2D eigenvalue weighted by atomic mass is 10.1. The van der Waals surface area contributed by atoms with Crippen molar-refractivity contribution in [2.24, 2.45) is 16.6 Å². The van der Waals surface area contributed by atoms with Gasteiger partial charge in [-0.15, -0.1) is 0 Å². The molecule has 3 rings (SSSR count). The Kier molecular flexibility index (Phi) is 5.20. The van der Waals surface area contributed by atoms with Gasteiger partial charge in [0.05, 0.1) is 13.2 Å². The van der Waals surface area contributed by atoms with Crippen molar-refractivity contribution in [2.45, 2.75) is 6.42 Å². The van der Waals surface area contributed by atoms with E-state index in [2.05, 4.69) is 55.0 Å². The van der Waals surface area contributed by atoms with Crippen LogP contribution in [-0.2, 0) is 4.74 Å². The Morgan fingerprint density at radius 2 is 2.14 bits per heavy atom. The molecular formula is C16H23BrN4O. The lowest BCUT2D eigenvalue weighted by molar-refractivity contribution is 0.0674. The maximum absolute atomic E-state index is 6.09. The molecule has 1 aromatic rings. The number of morpholine rings is 1. The number of nitrogens with zero attached hydrogens (tertiary/aromatic N) is 3. The third-order valence-electron chi connectivity index (χ3n) is 4.31. The van der Waals surface area contributed by atoms with E-state index < -0.39 is 0 Å². The van der Waals surface area contributed by atoms with Gasteiger partial charge in [0.25, 0.3) is 0 Å². The van der Waals surface area contributed by atoms with E-state index in [1.165, 1.54) is 12.1 Å². The molecule has 1 atom stereocenters. The zero-order valence-electron chi connectivity index (χ0n) is 12.7. The van der Waals surface area contributed by atoms with Crippen LogP contribution in [0.4, 0.5) is 5.69 Å². The first-order valence-electron chi connectivity index (χ1n) is 7.85. The molecule has 2 N–H and O–H groups in total. The van der Waals surface area contributed by atoms with Crippen LogP contribution >= 0.6 is 15.9 Å². The summed E-state index contributed by atoms with van der Waals surface area (Å²) >= 11 is 3.54. The first-order chi connectivity index (χ1) is 10.7. The maximum Gasteiger partial charge on any atom is 0.191 e. The zero-order valence-corrected chi connectivity index (χ0v) is 14.3. The third kappa shape index (κ3) is 3.93. The van der Waals surface area contributed by atoms with Crippen molar-refractivity contribution >= 4 is 27.6 Å². The SMILES string of the molecule is NC(=NCC1CCN(c2cccc(Br)c2)C1)N1CCOCC1. The molecule has 22 heavy (non-hydrogen) atoms.